The summed E-state index contributed by atoms with van der Waals surface area (Å²) in [6.07, 6.45) is 3.25. The number of hydrogen-bond donors (Lipinski definition) is 2. The fourth-order valence-electron chi connectivity index (χ4n) is 1.53. The molecule has 2 rings (SSSR count). The van der Waals surface area contributed by atoms with Crippen LogP contribution in [0.5, 0.6) is 0 Å². The van der Waals surface area contributed by atoms with E-state index >= 15 is 0 Å². The molecule has 0 aliphatic carbocycles. The molecule has 3 N–H and O–H groups in total. The number of hydrazone groups is 1. The van der Waals surface area contributed by atoms with Crippen LogP contribution in [0.25, 0.3) is 0 Å². The van der Waals surface area contributed by atoms with Crippen LogP contribution in [-0.2, 0) is 0 Å². The van der Waals surface area contributed by atoms with Crippen molar-refractivity contribution in [3.8, 4) is 0 Å². The number of nitrogens with two attached hydrogens (primary N) is 1. The molecule has 0 unspecified atom stereocenters. The van der Waals surface area contributed by atoms with Gasteiger partial charge in [0.2, 0.25) is 5.96 Å². The lowest BCUT2D eigenvalue weighted by Gasteiger charge is -1.97. The average molecular weight is 423 g/mol. The van der Waals surface area contributed by atoms with Crippen molar-refractivity contribution in [3.63, 3.8) is 0 Å². The van der Waals surface area contributed by atoms with Gasteiger partial charge in [-0.2, -0.15) is 10.2 Å². The molecule has 0 amide bonds. The molecule has 0 atom stereocenters. The number of rotatable bonds is 4. The van der Waals surface area contributed by atoms with Crippen molar-refractivity contribution >= 4 is 50.2 Å². The van der Waals surface area contributed by atoms with Crippen LogP contribution in [0.4, 0.5) is 0 Å². The maximum atomic E-state index is 5.65. The fraction of sp³-hybridized carbons (Fsp3) is 0. The van der Waals surface area contributed by atoms with E-state index in [1.807, 2.05) is 48.5 Å². The lowest BCUT2D eigenvalue weighted by Crippen LogP contribution is -2.26. The second-order valence-electron chi connectivity index (χ2n) is 4.21. The summed E-state index contributed by atoms with van der Waals surface area (Å²) in [5, 5.41) is 11.7. The summed E-state index contributed by atoms with van der Waals surface area (Å²) in [4.78, 5) is 0. The number of benzene rings is 2. The Bertz CT molecular complexity index is 725. The van der Waals surface area contributed by atoms with Gasteiger partial charge in [0.25, 0.3) is 0 Å². The van der Waals surface area contributed by atoms with Crippen molar-refractivity contribution in [1.29, 1.82) is 0 Å². The number of nitrogens with one attached hydrogen (secondary N) is 1. The summed E-state index contributed by atoms with van der Waals surface area (Å²) in [6, 6.07) is 15.4. The van der Waals surface area contributed by atoms with E-state index in [1.165, 1.54) is 0 Å². The summed E-state index contributed by atoms with van der Waals surface area (Å²) < 4.78 is 1.96. The minimum absolute atomic E-state index is 0.109. The predicted molar refractivity (Wildman–Crippen MR) is 98.2 cm³/mol. The van der Waals surface area contributed by atoms with Crippen LogP contribution in [0.3, 0.4) is 0 Å². The molecule has 0 saturated carbocycles. The zero-order valence-electron chi connectivity index (χ0n) is 11.4. The summed E-state index contributed by atoms with van der Waals surface area (Å²) in [5.41, 5.74) is 10.1. The second-order valence-corrected chi connectivity index (χ2v) is 6.04. The Labute approximate surface area is 145 Å². The Balaban J connectivity index is 1.90. The van der Waals surface area contributed by atoms with Crippen molar-refractivity contribution in [2.24, 2.45) is 21.0 Å². The van der Waals surface area contributed by atoms with E-state index in [9.17, 15) is 0 Å². The molecule has 0 aliphatic rings. The van der Waals surface area contributed by atoms with E-state index in [-0.39, 0.29) is 5.96 Å². The molecule has 2 aromatic rings. The maximum absolute atomic E-state index is 5.65. The first-order chi connectivity index (χ1) is 10.6. The number of hydrogen-bond acceptors (Lipinski definition) is 3. The van der Waals surface area contributed by atoms with Gasteiger partial charge in [-0.05, 0) is 35.4 Å². The Hall–Kier alpha value is -1.99. The van der Waals surface area contributed by atoms with Gasteiger partial charge in [-0.3, -0.25) is 0 Å². The van der Waals surface area contributed by atoms with Crippen LogP contribution in [0, 0.1) is 0 Å². The van der Waals surface area contributed by atoms with E-state index < -0.39 is 0 Å². The molecule has 22 heavy (non-hydrogen) atoms. The highest BCUT2D eigenvalue weighted by Crippen LogP contribution is 2.10. The third kappa shape index (κ3) is 5.79. The monoisotopic (exact) mass is 421 g/mol. The largest absolute Gasteiger partial charge is 0.367 e. The number of nitrogens with zero attached hydrogens (tertiary/aromatic N) is 3. The molecule has 0 aromatic heterocycles. The molecule has 0 saturated heterocycles. The molecule has 0 spiro atoms. The van der Waals surface area contributed by atoms with Crippen LogP contribution in [-0.4, -0.2) is 18.4 Å². The Morgan fingerprint density at radius 2 is 1.55 bits per heavy atom. The zero-order valence-corrected chi connectivity index (χ0v) is 14.6. The lowest BCUT2D eigenvalue weighted by molar-refractivity contribution is 0.994. The molecule has 7 heteroatoms. The van der Waals surface area contributed by atoms with Gasteiger partial charge in [0.05, 0.1) is 12.4 Å². The van der Waals surface area contributed by atoms with Crippen LogP contribution in [0.1, 0.15) is 11.1 Å². The second kappa shape index (κ2) is 8.45. The first-order valence-corrected chi connectivity index (χ1v) is 7.89. The zero-order chi connectivity index (χ0) is 15.8. The van der Waals surface area contributed by atoms with Crippen molar-refractivity contribution < 1.29 is 0 Å². The molecule has 0 aliphatic heterocycles. The molecule has 2 aromatic carbocycles. The maximum Gasteiger partial charge on any atom is 0.234 e. The van der Waals surface area contributed by atoms with Gasteiger partial charge < -0.3 is 5.73 Å². The van der Waals surface area contributed by atoms with Crippen LogP contribution in [0.2, 0.25) is 0 Å². The third-order valence-corrected chi connectivity index (χ3v) is 3.45. The normalized spacial score (nSPS) is 12.2. The number of guanidine groups is 1. The standard InChI is InChI=1S/C15H13Br2N5/c16-13-5-1-3-11(7-13)9-19-21-15(18)22-20-10-12-4-2-6-14(17)8-12/h1-10H,(H3,18,21,22). The molecule has 0 fully saturated rings. The van der Waals surface area contributed by atoms with Gasteiger partial charge >= 0.3 is 0 Å². The Morgan fingerprint density at radius 3 is 2.14 bits per heavy atom. The van der Waals surface area contributed by atoms with Crippen LogP contribution in [0.15, 0.2) is 72.8 Å². The van der Waals surface area contributed by atoms with E-state index in [0.717, 1.165) is 20.1 Å². The molecule has 0 bridgehead atoms. The summed E-state index contributed by atoms with van der Waals surface area (Å²) in [7, 11) is 0. The SMILES string of the molecule is NC(=NN=Cc1cccc(Br)c1)NN=Cc1cccc(Br)c1. The highest BCUT2D eigenvalue weighted by molar-refractivity contribution is 9.10. The van der Waals surface area contributed by atoms with Crippen molar-refractivity contribution in [2.75, 3.05) is 0 Å². The van der Waals surface area contributed by atoms with Gasteiger partial charge in [0.1, 0.15) is 0 Å². The smallest absolute Gasteiger partial charge is 0.234 e. The molecule has 112 valence electrons. The molecule has 0 heterocycles. The Morgan fingerprint density at radius 1 is 0.955 bits per heavy atom. The minimum atomic E-state index is 0.109. The van der Waals surface area contributed by atoms with Gasteiger partial charge in [-0.15, -0.1) is 5.10 Å². The fourth-order valence-corrected chi connectivity index (χ4v) is 2.36. The van der Waals surface area contributed by atoms with E-state index in [1.54, 1.807) is 12.4 Å². The first kappa shape index (κ1) is 16.4. The van der Waals surface area contributed by atoms with Crippen LogP contribution >= 0.6 is 31.9 Å². The van der Waals surface area contributed by atoms with Crippen molar-refractivity contribution in [3.05, 3.63) is 68.6 Å². The summed E-state index contributed by atoms with van der Waals surface area (Å²) >= 11 is 6.78. The first-order valence-electron chi connectivity index (χ1n) is 6.30. The van der Waals surface area contributed by atoms with Gasteiger partial charge in [-0.25, -0.2) is 5.43 Å². The molecular formula is C15H13Br2N5. The van der Waals surface area contributed by atoms with Gasteiger partial charge in [0, 0.05) is 8.95 Å². The summed E-state index contributed by atoms with van der Waals surface area (Å²) in [5.74, 6) is 0.109. The Kier molecular flexibility index (Phi) is 6.29. The van der Waals surface area contributed by atoms with Crippen LogP contribution < -0.4 is 11.2 Å². The topological polar surface area (TPSA) is 75.1 Å². The highest BCUT2D eigenvalue weighted by Gasteiger charge is 1.91. The van der Waals surface area contributed by atoms with Gasteiger partial charge in [-0.1, -0.05) is 56.1 Å². The van der Waals surface area contributed by atoms with Gasteiger partial charge in [0.15, 0.2) is 0 Å². The van der Waals surface area contributed by atoms with Crippen molar-refractivity contribution in [2.45, 2.75) is 0 Å². The van der Waals surface area contributed by atoms with E-state index in [2.05, 4.69) is 52.6 Å². The molecule has 5 nitrogen and oxygen atoms in total. The third-order valence-electron chi connectivity index (χ3n) is 2.46. The van der Waals surface area contributed by atoms with E-state index in [0.29, 0.717) is 0 Å². The summed E-state index contributed by atoms with van der Waals surface area (Å²) in [6.45, 7) is 0. The average Bonchev–Trinajstić information content (AvgIpc) is 2.47. The molecule has 0 radical (unpaired) electrons. The minimum Gasteiger partial charge on any atom is -0.367 e. The highest BCUT2D eigenvalue weighted by atomic mass is 79.9. The molecular weight excluding hydrogens is 410 g/mol. The van der Waals surface area contributed by atoms with E-state index in [4.69, 9.17) is 5.73 Å². The lowest BCUT2D eigenvalue weighted by atomic mass is 10.2. The number of halogens is 2. The van der Waals surface area contributed by atoms with Crippen molar-refractivity contribution in [1.82, 2.24) is 5.43 Å². The predicted octanol–water partition coefficient (Wildman–Crippen LogP) is 3.48. The quantitative estimate of drug-likeness (QED) is 0.449.